The number of aliphatic hydroxyl groups is 1. The fourth-order valence-corrected chi connectivity index (χ4v) is 2.63. The number of rotatable bonds is 6. The van der Waals surface area contributed by atoms with E-state index in [0.29, 0.717) is 5.75 Å². The van der Waals surface area contributed by atoms with Crippen LogP contribution >= 0.6 is 0 Å². The molecule has 1 aromatic rings. The number of amides is 1. The predicted molar refractivity (Wildman–Crippen MR) is 77.7 cm³/mol. The quantitative estimate of drug-likeness (QED) is 0.839. The van der Waals surface area contributed by atoms with E-state index in [0.717, 1.165) is 36.8 Å². The summed E-state index contributed by atoms with van der Waals surface area (Å²) in [5.74, 6) is 0.600. The van der Waals surface area contributed by atoms with Crippen molar-refractivity contribution in [3.63, 3.8) is 0 Å². The molecule has 0 saturated carbocycles. The van der Waals surface area contributed by atoms with Crippen molar-refractivity contribution in [2.75, 3.05) is 6.61 Å². The molecule has 2 atom stereocenters. The van der Waals surface area contributed by atoms with Gasteiger partial charge in [0.2, 0.25) is 0 Å². The topological polar surface area (TPSA) is 58.6 Å². The van der Waals surface area contributed by atoms with Crippen LogP contribution < -0.4 is 10.1 Å². The number of aryl methyl sites for hydroxylation is 1. The molecule has 0 spiro atoms. The highest BCUT2D eigenvalue weighted by Gasteiger charge is 2.20. The second-order valence-corrected chi connectivity index (χ2v) is 5.46. The first-order chi connectivity index (χ1) is 9.60. The van der Waals surface area contributed by atoms with Gasteiger partial charge < -0.3 is 15.2 Å². The van der Waals surface area contributed by atoms with Gasteiger partial charge in [-0.2, -0.15) is 0 Å². The maximum Gasteiger partial charge on any atom is 0.258 e. The summed E-state index contributed by atoms with van der Waals surface area (Å²) in [5, 5.41) is 12.6. The Morgan fingerprint density at radius 3 is 3.10 bits per heavy atom. The van der Waals surface area contributed by atoms with Gasteiger partial charge in [-0.05, 0) is 49.4 Å². The van der Waals surface area contributed by atoms with Gasteiger partial charge in [0.1, 0.15) is 5.75 Å². The molecule has 1 amide bonds. The van der Waals surface area contributed by atoms with Crippen LogP contribution in [0.3, 0.4) is 0 Å². The first kappa shape index (κ1) is 14.9. The normalized spacial score (nSPS) is 18.4. The minimum absolute atomic E-state index is 0.0371. The van der Waals surface area contributed by atoms with Crippen LogP contribution in [0.15, 0.2) is 18.2 Å². The van der Waals surface area contributed by atoms with Crippen LogP contribution in [0.4, 0.5) is 0 Å². The molecule has 110 valence electrons. The van der Waals surface area contributed by atoms with E-state index in [4.69, 9.17) is 4.74 Å². The van der Waals surface area contributed by atoms with E-state index in [2.05, 4.69) is 12.2 Å². The monoisotopic (exact) mass is 277 g/mol. The van der Waals surface area contributed by atoms with Crippen molar-refractivity contribution in [1.82, 2.24) is 5.32 Å². The Morgan fingerprint density at radius 1 is 1.55 bits per heavy atom. The third-order valence-electron chi connectivity index (χ3n) is 3.66. The molecule has 4 nitrogen and oxygen atoms in total. The first-order valence-corrected chi connectivity index (χ1v) is 7.33. The molecule has 0 radical (unpaired) electrons. The number of aliphatic hydroxyl groups excluding tert-OH is 1. The van der Waals surface area contributed by atoms with Gasteiger partial charge in [0.15, 0.2) is 6.61 Å². The van der Waals surface area contributed by atoms with E-state index in [1.165, 1.54) is 0 Å². The molecule has 4 heteroatoms. The zero-order chi connectivity index (χ0) is 14.5. The average Bonchev–Trinajstić information content (AvgIpc) is 2.78. The lowest BCUT2D eigenvalue weighted by Crippen LogP contribution is -2.35. The van der Waals surface area contributed by atoms with Crippen LogP contribution in [-0.4, -0.2) is 23.7 Å². The van der Waals surface area contributed by atoms with E-state index >= 15 is 0 Å². The number of hydrogen-bond donors (Lipinski definition) is 2. The molecule has 0 fully saturated rings. The fraction of sp³-hybridized carbons (Fsp3) is 0.562. The first-order valence-electron chi connectivity index (χ1n) is 7.33. The van der Waals surface area contributed by atoms with Gasteiger partial charge in [-0.25, -0.2) is 0 Å². The Balaban J connectivity index is 1.84. The highest BCUT2D eigenvalue weighted by atomic mass is 16.5. The maximum absolute atomic E-state index is 11.7. The average molecular weight is 277 g/mol. The van der Waals surface area contributed by atoms with Gasteiger partial charge in [0.05, 0.1) is 6.10 Å². The molecule has 2 rings (SSSR count). The number of ether oxygens (including phenoxy) is 1. The SMILES string of the molecule is CCCC(C)NC(=O)COc1ccc2c(c1)CC[C@H]2O. The molecule has 20 heavy (non-hydrogen) atoms. The molecule has 1 aliphatic carbocycles. The largest absolute Gasteiger partial charge is 0.484 e. The van der Waals surface area contributed by atoms with Gasteiger partial charge in [-0.15, -0.1) is 0 Å². The number of hydrogen-bond acceptors (Lipinski definition) is 3. The molecule has 0 aromatic heterocycles. The van der Waals surface area contributed by atoms with Gasteiger partial charge in [-0.1, -0.05) is 19.4 Å². The van der Waals surface area contributed by atoms with Crippen LogP contribution in [-0.2, 0) is 11.2 Å². The van der Waals surface area contributed by atoms with E-state index in [9.17, 15) is 9.90 Å². The Hall–Kier alpha value is -1.55. The van der Waals surface area contributed by atoms with Crippen molar-refractivity contribution >= 4 is 5.91 Å². The lowest BCUT2D eigenvalue weighted by molar-refractivity contribution is -0.123. The van der Waals surface area contributed by atoms with Crippen molar-refractivity contribution < 1.29 is 14.6 Å². The molecule has 1 aliphatic rings. The summed E-state index contributed by atoms with van der Waals surface area (Å²) in [5.41, 5.74) is 2.10. The third kappa shape index (κ3) is 3.73. The number of carbonyl (C=O) groups excluding carboxylic acids is 1. The molecule has 0 aliphatic heterocycles. The Kier molecular flexibility index (Phi) is 5.01. The summed E-state index contributed by atoms with van der Waals surface area (Å²) in [4.78, 5) is 11.7. The third-order valence-corrected chi connectivity index (χ3v) is 3.66. The Labute approximate surface area is 120 Å². The van der Waals surface area contributed by atoms with E-state index in [-0.39, 0.29) is 24.7 Å². The van der Waals surface area contributed by atoms with Gasteiger partial charge in [-0.3, -0.25) is 4.79 Å². The molecule has 1 unspecified atom stereocenters. The van der Waals surface area contributed by atoms with Crippen molar-refractivity contribution in [2.24, 2.45) is 0 Å². The molecule has 0 saturated heterocycles. The second-order valence-electron chi connectivity index (χ2n) is 5.46. The van der Waals surface area contributed by atoms with Gasteiger partial charge >= 0.3 is 0 Å². The summed E-state index contributed by atoms with van der Waals surface area (Å²) < 4.78 is 5.51. The lowest BCUT2D eigenvalue weighted by atomic mass is 10.1. The van der Waals surface area contributed by atoms with E-state index < -0.39 is 0 Å². The van der Waals surface area contributed by atoms with E-state index in [1.54, 1.807) is 0 Å². The Morgan fingerprint density at radius 2 is 2.35 bits per heavy atom. The maximum atomic E-state index is 11.7. The second kappa shape index (κ2) is 6.75. The van der Waals surface area contributed by atoms with Crippen LogP contribution in [0.25, 0.3) is 0 Å². The number of benzene rings is 1. The lowest BCUT2D eigenvalue weighted by Gasteiger charge is -2.13. The highest BCUT2D eigenvalue weighted by Crippen LogP contribution is 2.33. The smallest absolute Gasteiger partial charge is 0.258 e. The molecule has 0 heterocycles. The van der Waals surface area contributed by atoms with Crippen molar-refractivity contribution in [1.29, 1.82) is 0 Å². The zero-order valence-electron chi connectivity index (χ0n) is 12.2. The van der Waals surface area contributed by atoms with Gasteiger partial charge in [0, 0.05) is 6.04 Å². The van der Waals surface area contributed by atoms with Crippen molar-refractivity contribution in [3.05, 3.63) is 29.3 Å². The molecule has 0 bridgehead atoms. The number of nitrogens with one attached hydrogen (secondary N) is 1. The fourth-order valence-electron chi connectivity index (χ4n) is 2.63. The summed E-state index contributed by atoms with van der Waals surface area (Å²) in [7, 11) is 0. The number of carbonyl (C=O) groups is 1. The van der Waals surface area contributed by atoms with Crippen LogP contribution in [0.1, 0.15) is 50.3 Å². The Bertz CT molecular complexity index is 473. The summed E-state index contributed by atoms with van der Waals surface area (Å²) in [6.07, 6.45) is 3.32. The van der Waals surface area contributed by atoms with Crippen molar-refractivity contribution in [3.8, 4) is 5.75 Å². The summed E-state index contributed by atoms with van der Waals surface area (Å²) >= 11 is 0. The van der Waals surface area contributed by atoms with E-state index in [1.807, 2.05) is 25.1 Å². The van der Waals surface area contributed by atoms with Crippen LogP contribution in [0, 0.1) is 0 Å². The highest BCUT2D eigenvalue weighted by molar-refractivity contribution is 5.77. The minimum Gasteiger partial charge on any atom is -0.484 e. The molecule has 2 N–H and O–H groups in total. The van der Waals surface area contributed by atoms with Crippen LogP contribution in [0.5, 0.6) is 5.75 Å². The number of fused-ring (bicyclic) bond motifs is 1. The summed E-state index contributed by atoms with van der Waals surface area (Å²) in [6, 6.07) is 5.82. The molecule has 1 aromatic carbocycles. The summed E-state index contributed by atoms with van der Waals surface area (Å²) in [6.45, 7) is 4.13. The molecular formula is C16H23NO3. The standard InChI is InChI=1S/C16H23NO3/c1-3-4-11(2)17-16(19)10-20-13-6-7-14-12(9-13)5-8-15(14)18/h6-7,9,11,15,18H,3-5,8,10H2,1-2H3,(H,17,19)/t11?,15-/m1/s1. The molecular weight excluding hydrogens is 254 g/mol. The zero-order valence-corrected chi connectivity index (χ0v) is 12.2. The van der Waals surface area contributed by atoms with Crippen molar-refractivity contribution in [2.45, 2.75) is 51.7 Å². The predicted octanol–water partition coefficient (Wildman–Crippen LogP) is 2.35. The van der Waals surface area contributed by atoms with Gasteiger partial charge in [0.25, 0.3) is 5.91 Å². The van der Waals surface area contributed by atoms with Crippen LogP contribution in [0.2, 0.25) is 0 Å². The minimum atomic E-state index is -0.350.